The topological polar surface area (TPSA) is 263 Å². The summed E-state index contributed by atoms with van der Waals surface area (Å²) in [6.07, 6.45) is 26.3. The standard InChI is InChI=1S/C16H25N7O.C13H19N3O2.C8H14N4O.ClH/c17-16-18-9-13(20-16)7-4-8-14-10-23(22-21-14)11-15(24)19-12-5-2-1-3-6-12;1-5-6-7-8-10-9-16(11(14)15-10)12(17)18-13(2,3)4;9-12-10-6-8(13)11-7-4-2-1-3-5-7;/h9-10,12H,1-8,11H2,(H,19,24)(H3,17,18,20);1,9H,6-8H2,2-4H3,(H2,14,15);7H,1-6H2,(H,11,13);1H. The van der Waals surface area contributed by atoms with Crippen LogP contribution in [-0.4, -0.2) is 76.6 Å². The van der Waals surface area contributed by atoms with Crippen molar-refractivity contribution < 1.29 is 19.1 Å². The van der Waals surface area contributed by atoms with Crippen LogP contribution in [0.1, 0.15) is 121 Å². The predicted molar refractivity (Wildman–Crippen MR) is 216 cm³/mol. The fraction of sp³-hybridized carbons (Fsp3) is 0.649. The van der Waals surface area contributed by atoms with E-state index in [0.29, 0.717) is 30.9 Å². The molecule has 0 saturated heterocycles. The summed E-state index contributed by atoms with van der Waals surface area (Å²) in [5, 5.41) is 17.3. The van der Waals surface area contributed by atoms with Crippen molar-refractivity contribution in [3.8, 4) is 12.3 Å². The normalized spacial score (nSPS) is 14.2. The predicted octanol–water partition coefficient (Wildman–Crippen LogP) is 5.58. The molecule has 3 heterocycles. The van der Waals surface area contributed by atoms with E-state index in [2.05, 4.69) is 51.8 Å². The Balaban J connectivity index is 0.000000302. The number of imidazole rings is 2. The van der Waals surface area contributed by atoms with E-state index in [-0.39, 0.29) is 43.3 Å². The van der Waals surface area contributed by atoms with E-state index < -0.39 is 11.7 Å². The second kappa shape index (κ2) is 25.0. The number of rotatable bonds is 13. The molecule has 0 spiro atoms. The molecular weight excluding hydrogens is 740 g/mol. The summed E-state index contributed by atoms with van der Waals surface area (Å²) < 4.78 is 8.05. The number of anilines is 2. The highest BCUT2D eigenvalue weighted by atomic mass is 35.5. The van der Waals surface area contributed by atoms with Crippen LogP contribution in [0.25, 0.3) is 10.4 Å². The molecule has 3 aromatic rings. The number of ether oxygens (including phenoxy) is 1. The van der Waals surface area contributed by atoms with Gasteiger partial charge in [0.05, 0.1) is 17.6 Å². The molecule has 308 valence electrons. The molecule has 19 heteroatoms. The van der Waals surface area contributed by atoms with Gasteiger partial charge in [0, 0.05) is 41.5 Å². The van der Waals surface area contributed by atoms with Gasteiger partial charge < -0.3 is 31.8 Å². The van der Waals surface area contributed by atoms with E-state index in [0.717, 1.165) is 68.4 Å². The molecule has 7 N–H and O–H groups in total. The first-order chi connectivity index (χ1) is 26.3. The monoisotopic (exact) mass is 798 g/mol. The number of H-pyrrole nitrogens is 1. The van der Waals surface area contributed by atoms with Gasteiger partial charge in [-0.15, -0.1) is 29.8 Å². The molecule has 5 rings (SSSR count). The Morgan fingerprint density at radius 1 is 0.982 bits per heavy atom. The van der Waals surface area contributed by atoms with Crippen LogP contribution in [0.2, 0.25) is 0 Å². The van der Waals surface area contributed by atoms with Crippen molar-refractivity contribution in [2.75, 3.05) is 18.0 Å². The minimum Gasteiger partial charge on any atom is -0.443 e. The van der Waals surface area contributed by atoms with Crippen LogP contribution in [0, 0.1) is 12.3 Å². The first kappa shape index (κ1) is 46.9. The average Bonchev–Trinajstić information content (AvgIpc) is 3.88. The number of carbonyl (C=O) groups excluding carboxylic acids is 3. The molecular formula is C37H59ClN14O4. The smallest absolute Gasteiger partial charge is 0.421 e. The number of azide groups is 1. The summed E-state index contributed by atoms with van der Waals surface area (Å²) in [6, 6.07) is 0.631. The number of aromatic amines is 1. The van der Waals surface area contributed by atoms with Crippen LogP contribution >= 0.6 is 12.4 Å². The average molecular weight is 799 g/mol. The van der Waals surface area contributed by atoms with Crippen molar-refractivity contribution >= 4 is 42.2 Å². The number of unbranched alkanes of at least 4 members (excludes halogenated alkanes) is 1. The number of nitrogens with one attached hydrogen (secondary N) is 3. The van der Waals surface area contributed by atoms with E-state index in [4.69, 9.17) is 28.2 Å². The van der Waals surface area contributed by atoms with Crippen molar-refractivity contribution in [3.63, 3.8) is 0 Å². The summed E-state index contributed by atoms with van der Waals surface area (Å²) in [5.74, 6) is 3.00. The summed E-state index contributed by atoms with van der Waals surface area (Å²) >= 11 is 0. The number of aromatic nitrogens is 7. The molecule has 2 saturated carbocycles. The highest BCUT2D eigenvalue weighted by molar-refractivity contribution is 5.85. The molecule has 0 unspecified atom stereocenters. The molecule has 2 aliphatic rings. The molecule has 2 aliphatic carbocycles. The summed E-state index contributed by atoms with van der Waals surface area (Å²) in [5.41, 5.74) is 21.3. The molecule has 0 radical (unpaired) electrons. The molecule has 3 aromatic heterocycles. The van der Waals surface area contributed by atoms with E-state index >= 15 is 0 Å². The van der Waals surface area contributed by atoms with Crippen molar-refractivity contribution in [3.05, 3.63) is 46.1 Å². The van der Waals surface area contributed by atoms with Gasteiger partial charge in [0.2, 0.25) is 17.8 Å². The zero-order chi connectivity index (χ0) is 40.1. The lowest BCUT2D eigenvalue weighted by Crippen LogP contribution is -2.38. The van der Waals surface area contributed by atoms with Crippen LogP contribution in [0.3, 0.4) is 0 Å². The quantitative estimate of drug-likeness (QED) is 0.0471. The van der Waals surface area contributed by atoms with Crippen LogP contribution < -0.4 is 22.1 Å². The third-order valence-corrected chi connectivity index (χ3v) is 8.76. The SMILES string of the molecule is C#CCCCc1cn(C(=O)OC(C)(C)C)c(N)n1.Cl.Nc1ncc(CCCc2cn(CC(=O)NC3CCCCC3)nn2)[nH]1.[N-]=[N+]=NCC(=O)NC1CCCCC1. The van der Waals surface area contributed by atoms with Crippen LogP contribution in [0.5, 0.6) is 0 Å². The Hall–Kier alpha value is -5.27. The van der Waals surface area contributed by atoms with Gasteiger partial charge in [0.1, 0.15) is 18.7 Å². The van der Waals surface area contributed by atoms with Gasteiger partial charge in [-0.2, -0.15) is 0 Å². The minimum atomic E-state index is -0.558. The zero-order valence-corrected chi connectivity index (χ0v) is 33.7. The van der Waals surface area contributed by atoms with Crippen LogP contribution in [0.4, 0.5) is 16.7 Å². The number of nitrogen functional groups attached to an aromatic ring is 2. The zero-order valence-electron chi connectivity index (χ0n) is 32.9. The lowest BCUT2D eigenvalue weighted by atomic mass is 9.95. The van der Waals surface area contributed by atoms with Gasteiger partial charge in [0.15, 0.2) is 5.95 Å². The third kappa shape index (κ3) is 18.9. The van der Waals surface area contributed by atoms with Crippen molar-refractivity contribution in [2.45, 2.75) is 148 Å². The highest BCUT2D eigenvalue weighted by Crippen LogP contribution is 2.18. The van der Waals surface area contributed by atoms with Gasteiger partial charge in [0.25, 0.3) is 0 Å². The van der Waals surface area contributed by atoms with Crippen molar-refractivity contribution in [2.24, 2.45) is 5.11 Å². The minimum absolute atomic E-state index is 0. The van der Waals surface area contributed by atoms with E-state index in [1.807, 2.05) is 6.20 Å². The molecule has 2 amide bonds. The second-order valence-electron chi connectivity index (χ2n) is 14.7. The van der Waals surface area contributed by atoms with E-state index in [1.165, 1.54) is 43.1 Å². The number of nitrogens with two attached hydrogens (primary N) is 2. The van der Waals surface area contributed by atoms with Crippen molar-refractivity contribution in [1.82, 2.24) is 45.1 Å². The molecule has 2 fully saturated rings. The Bertz CT molecular complexity index is 1720. The van der Waals surface area contributed by atoms with Gasteiger partial charge in [-0.25, -0.2) is 24.0 Å². The van der Waals surface area contributed by atoms with Crippen molar-refractivity contribution in [1.29, 1.82) is 0 Å². The summed E-state index contributed by atoms with van der Waals surface area (Å²) in [7, 11) is 0. The number of halogens is 1. The Kier molecular flexibility index (Phi) is 20.9. The second-order valence-corrected chi connectivity index (χ2v) is 14.7. The molecule has 0 aromatic carbocycles. The van der Waals surface area contributed by atoms with Gasteiger partial charge in [-0.1, -0.05) is 48.9 Å². The Morgan fingerprint density at radius 2 is 1.61 bits per heavy atom. The maximum absolute atomic E-state index is 12.1. The first-order valence-electron chi connectivity index (χ1n) is 19.1. The number of aryl methyl sites for hydroxylation is 3. The highest BCUT2D eigenvalue weighted by Gasteiger charge is 2.21. The maximum atomic E-state index is 12.1. The number of amides is 2. The summed E-state index contributed by atoms with van der Waals surface area (Å²) in [6.45, 7) is 5.55. The third-order valence-electron chi connectivity index (χ3n) is 8.76. The van der Waals surface area contributed by atoms with Gasteiger partial charge in [-0.3, -0.25) is 9.59 Å². The Labute approximate surface area is 335 Å². The van der Waals surface area contributed by atoms with Crippen LogP contribution in [-0.2, 0) is 40.1 Å². The van der Waals surface area contributed by atoms with E-state index in [9.17, 15) is 14.4 Å². The number of carbonyl (C=O) groups is 3. The van der Waals surface area contributed by atoms with Gasteiger partial charge >= 0.3 is 6.09 Å². The molecule has 0 aliphatic heterocycles. The lowest BCUT2D eigenvalue weighted by molar-refractivity contribution is -0.123. The fourth-order valence-electron chi connectivity index (χ4n) is 6.17. The lowest BCUT2D eigenvalue weighted by Gasteiger charge is -2.22. The Morgan fingerprint density at radius 3 is 2.18 bits per heavy atom. The van der Waals surface area contributed by atoms with Crippen LogP contribution in [0.15, 0.2) is 23.7 Å². The fourth-order valence-corrected chi connectivity index (χ4v) is 6.17. The van der Waals surface area contributed by atoms with Gasteiger partial charge in [-0.05, 0) is 84.1 Å². The molecule has 56 heavy (non-hydrogen) atoms. The number of terminal acetylenes is 1. The number of nitrogens with zero attached hydrogens (tertiary/aromatic N) is 9. The van der Waals surface area contributed by atoms with E-state index in [1.54, 1.807) is 37.8 Å². The molecule has 18 nitrogen and oxygen atoms in total. The number of hydrogen-bond donors (Lipinski definition) is 5. The molecule has 0 bridgehead atoms. The number of hydrogen-bond acceptors (Lipinski definition) is 11. The maximum Gasteiger partial charge on any atom is 0.421 e. The molecule has 0 atom stereocenters. The first-order valence-corrected chi connectivity index (χ1v) is 19.1. The largest absolute Gasteiger partial charge is 0.443 e. The summed E-state index contributed by atoms with van der Waals surface area (Å²) in [4.78, 5) is 48.6.